The minimum Gasteiger partial charge on any atom is -0.469 e. The molecule has 1 aromatic heterocycles. The van der Waals surface area contributed by atoms with E-state index in [0.29, 0.717) is 15.7 Å². The molecule has 6 nitrogen and oxygen atoms in total. The molecule has 0 radical (unpaired) electrons. The number of halogens is 6. The molecular weight excluding hydrogens is 588 g/mol. The quantitative estimate of drug-likeness (QED) is 0.218. The van der Waals surface area contributed by atoms with Crippen molar-refractivity contribution in [1.82, 2.24) is 10.3 Å². The summed E-state index contributed by atoms with van der Waals surface area (Å²) in [7, 11) is 1.05. The van der Waals surface area contributed by atoms with Crippen LogP contribution in [0.15, 0.2) is 60.8 Å². The van der Waals surface area contributed by atoms with E-state index < -0.39 is 52.9 Å². The van der Waals surface area contributed by atoms with E-state index in [1.165, 1.54) is 24.4 Å². The van der Waals surface area contributed by atoms with E-state index in [0.717, 1.165) is 25.3 Å². The number of benzene rings is 2. The third-order valence-corrected chi connectivity index (χ3v) is 5.57. The number of alkyl halides is 3. The number of pyridine rings is 1. The maximum atomic E-state index is 14.4. The summed E-state index contributed by atoms with van der Waals surface area (Å²) >= 11 is 1.94. The van der Waals surface area contributed by atoms with E-state index in [1.54, 1.807) is 6.07 Å². The predicted molar refractivity (Wildman–Crippen MR) is 124 cm³/mol. The summed E-state index contributed by atoms with van der Waals surface area (Å²) in [4.78, 5) is 29.5. The van der Waals surface area contributed by atoms with Gasteiger partial charge in [0.25, 0.3) is 0 Å². The number of hydrogen-bond donors (Lipinski definition) is 2. The van der Waals surface area contributed by atoms with Crippen LogP contribution in [0.3, 0.4) is 0 Å². The van der Waals surface area contributed by atoms with Crippen molar-refractivity contribution < 1.29 is 36.3 Å². The van der Waals surface area contributed by atoms with E-state index in [1.807, 2.05) is 22.6 Å². The summed E-state index contributed by atoms with van der Waals surface area (Å²) in [5, 5.41) is 4.80. The Morgan fingerprint density at radius 1 is 1.00 bits per heavy atom. The molecule has 2 aromatic carbocycles. The van der Waals surface area contributed by atoms with E-state index in [2.05, 4.69) is 15.6 Å². The monoisotopic (exact) mass is 605 g/mol. The summed E-state index contributed by atoms with van der Waals surface area (Å²) in [5.74, 6) is -2.82. The maximum Gasteiger partial charge on any atom is 0.416 e. The van der Waals surface area contributed by atoms with Crippen molar-refractivity contribution in [3.63, 3.8) is 0 Å². The summed E-state index contributed by atoms with van der Waals surface area (Å²) in [6.45, 7) is 0. The van der Waals surface area contributed by atoms with Gasteiger partial charge in [-0.25, -0.2) is 13.6 Å². The van der Waals surface area contributed by atoms with Gasteiger partial charge >= 0.3 is 18.2 Å². The molecule has 0 bridgehead atoms. The number of nitrogens with one attached hydrogen (secondary N) is 2. The maximum absolute atomic E-state index is 14.4. The smallest absolute Gasteiger partial charge is 0.416 e. The van der Waals surface area contributed by atoms with Gasteiger partial charge < -0.3 is 15.4 Å². The molecule has 2 N–H and O–H groups in total. The van der Waals surface area contributed by atoms with Gasteiger partial charge in [0.1, 0.15) is 17.2 Å². The van der Waals surface area contributed by atoms with Crippen LogP contribution in [0.5, 0.6) is 0 Å². The standard InChI is InChI=1S/C23H17F5IN3O3/c1-35-20(33)11-22(19-6-5-17(29)12-30-19,13-7-14(23(26,27)28)9-16(25)8-13)32-21(34)31-18-4-2-3-15(24)10-18/h2-10,12H,11H2,1H3,(H2,31,32,34)/t22-/m0/s1. The third-order valence-electron chi connectivity index (χ3n) is 4.93. The first kappa shape index (κ1) is 26.3. The fourth-order valence-electron chi connectivity index (χ4n) is 3.36. The molecule has 1 heterocycles. The summed E-state index contributed by atoms with van der Waals surface area (Å²) < 4.78 is 73.8. The first-order valence-electron chi connectivity index (χ1n) is 9.85. The van der Waals surface area contributed by atoms with E-state index in [4.69, 9.17) is 4.74 Å². The van der Waals surface area contributed by atoms with E-state index in [-0.39, 0.29) is 11.4 Å². The highest BCUT2D eigenvalue weighted by molar-refractivity contribution is 14.1. The van der Waals surface area contributed by atoms with Crippen LogP contribution in [0.1, 0.15) is 23.2 Å². The molecule has 0 fully saturated rings. The van der Waals surface area contributed by atoms with Gasteiger partial charge in [-0.3, -0.25) is 9.78 Å². The highest BCUT2D eigenvalue weighted by atomic mass is 127. The fourth-order valence-corrected chi connectivity index (χ4v) is 3.68. The number of hydrogen-bond acceptors (Lipinski definition) is 4. The van der Waals surface area contributed by atoms with Gasteiger partial charge in [0.05, 0.1) is 24.8 Å². The number of rotatable bonds is 6. The van der Waals surface area contributed by atoms with Crippen molar-refractivity contribution in [2.45, 2.75) is 18.1 Å². The molecule has 3 aromatic rings. The molecular formula is C23H17F5IN3O3. The molecule has 0 aliphatic carbocycles. The Morgan fingerprint density at radius 2 is 1.71 bits per heavy atom. The van der Waals surface area contributed by atoms with Crippen molar-refractivity contribution in [3.8, 4) is 0 Å². The zero-order valence-electron chi connectivity index (χ0n) is 17.9. The molecule has 0 unspecified atom stereocenters. The number of esters is 1. The zero-order valence-corrected chi connectivity index (χ0v) is 20.1. The number of methoxy groups -OCH3 is 1. The molecule has 35 heavy (non-hydrogen) atoms. The second-order valence-corrected chi connectivity index (χ2v) is 8.58. The molecule has 2 amide bonds. The zero-order chi connectivity index (χ0) is 25.8. The largest absolute Gasteiger partial charge is 0.469 e. The van der Waals surface area contributed by atoms with Gasteiger partial charge in [-0.1, -0.05) is 6.07 Å². The molecule has 0 saturated carbocycles. The Bertz CT molecular complexity index is 1240. The minimum absolute atomic E-state index is 0.0280. The molecule has 0 aliphatic heterocycles. The molecule has 0 spiro atoms. The first-order valence-corrected chi connectivity index (χ1v) is 10.9. The molecule has 184 valence electrons. The van der Waals surface area contributed by atoms with Gasteiger partial charge in [0.15, 0.2) is 0 Å². The number of carbonyl (C=O) groups is 2. The molecule has 1 atom stereocenters. The number of nitrogens with zero attached hydrogens (tertiary/aromatic N) is 1. The normalized spacial score (nSPS) is 13.0. The lowest BCUT2D eigenvalue weighted by atomic mass is 9.82. The van der Waals surface area contributed by atoms with Crippen LogP contribution in [0.25, 0.3) is 0 Å². The van der Waals surface area contributed by atoms with Crippen LogP contribution in [0.4, 0.5) is 32.4 Å². The Morgan fingerprint density at radius 3 is 2.31 bits per heavy atom. The van der Waals surface area contributed by atoms with Crippen molar-refractivity contribution in [2.24, 2.45) is 0 Å². The Hall–Kier alpha value is -3.29. The van der Waals surface area contributed by atoms with Crippen LogP contribution < -0.4 is 10.6 Å². The topological polar surface area (TPSA) is 80.3 Å². The van der Waals surface area contributed by atoms with Gasteiger partial charge in [-0.05, 0) is 76.7 Å². The predicted octanol–water partition coefficient (Wildman–Crippen LogP) is 5.61. The number of ether oxygens (including phenoxy) is 1. The summed E-state index contributed by atoms with van der Waals surface area (Å²) in [6, 6.07) is 8.44. The summed E-state index contributed by atoms with van der Waals surface area (Å²) in [6.07, 6.45) is -4.29. The molecule has 0 aliphatic rings. The van der Waals surface area contributed by atoms with Crippen molar-refractivity contribution in [3.05, 3.63) is 92.8 Å². The first-order chi connectivity index (χ1) is 16.4. The van der Waals surface area contributed by atoms with Crippen LogP contribution >= 0.6 is 22.6 Å². The Kier molecular flexibility index (Phi) is 7.93. The van der Waals surface area contributed by atoms with Crippen molar-refractivity contribution in [1.29, 1.82) is 0 Å². The van der Waals surface area contributed by atoms with Crippen LogP contribution in [0.2, 0.25) is 0 Å². The highest BCUT2D eigenvalue weighted by Crippen LogP contribution is 2.38. The number of carbonyl (C=O) groups excluding carboxylic acids is 2. The second kappa shape index (κ2) is 10.5. The fraction of sp³-hybridized carbons (Fsp3) is 0.174. The SMILES string of the molecule is COC(=O)C[C@](NC(=O)Nc1cccc(F)c1)(c1cc(F)cc(C(F)(F)F)c1)c1ccc(I)cn1. The van der Waals surface area contributed by atoms with Gasteiger partial charge in [0, 0.05) is 15.5 Å². The third kappa shape index (κ3) is 6.44. The van der Waals surface area contributed by atoms with Gasteiger partial charge in [-0.15, -0.1) is 0 Å². The minimum atomic E-state index is -4.92. The Balaban J connectivity index is 2.20. The Labute approximate surface area is 210 Å². The molecule has 3 rings (SSSR count). The lowest BCUT2D eigenvalue weighted by molar-refractivity contribution is -0.142. The average molecular weight is 605 g/mol. The lowest BCUT2D eigenvalue weighted by Gasteiger charge is -2.34. The van der Waals surface area contributed by atoms with Crippen LogP contribution in [0, 0.1) is 15.2 Å². The summed E-state index contributed by atoms with van der Waals surface area (Å²) in [5.41, 5.74) is -3.86. The highest BCUT2D eigenvalue weighted by Gasteiger charge is 2.42. The molecule has 0 saturated heterocycles. The van der Waals surface area contributed by atoms with Gasteiger partial charge in [0.2, 0.25) is 0 Å². The average Bonchev–Trinajstić information content (AvgIpc) is 2.78. The number of amides is 2. The van der Waals surface area contributed by atoms with Crippen LogP contribution in [-0.4, -0.2) is 24.1 Å². The van der Waals surface area contributed by atoms with E-state index in [9.17, 15) is 31.5 Å². The second-order valence-electron chi connectivity index (χ2n) is 7.34. The van der Waals surface area contributed by atoms with Gasteiger partial charge in [-0.2, -0.15) is 13.2 Å². The van der Waals surface area contributed by atoms with Crippen LogP contribution in [-0.2, 0) is 21.2 Å². The van der Waals surface area contributed by atoms with Crippen molar-refractivity contribution in [2.75, 3.05) is 12.4 Å². The van der Waals surface area contributed by atoms with Crippen molar-refractivity contribution >= 4 is 40.3 Å². The van der Waals surface area contributed by atoms with E-state index >= 15 is 0 Å². The molecule has 12 heteroatoms. The lowest BCUT2D eigenvalue weighted by Crippen LogP contribution is -2.50. The number of aromatic nitrogens is 1. The number of anilines is 1. The number of urea groups is 1.